The van der Waals surface area contributed by atoms with Crippen molar-refractivity contribution in [3.8, 4) is 0 Å². The predicted octanol–water partition coefficient (Wildman–Crippen LogP) is 2.55. The molecule has 1 saturated heterocycles. The highest BCUT2D eigenvalue weighted by molar-refractivity contribution is 7.89. The molecule has 1 amide bonds. The maximum absolute atomic E-state index is 12.9. The van der Waals surface area contributed by atoms with Gasteiger partial charge in [-0.3, -0.25) is 4.79 Å². The van der Waals surface area contributed by atoms with E-state index in [1.807, 2.05) is 20.8 Å². The average Bonchev–Trinajstić information content (AvgIpc) is 3.04. The van der Waals surface area contributed by atoms with Gasteiger partial charge in [-0.2, -0.15) is 0 Å². The fraction of sp³-hybridized carbons (Fsp3) is 0.632. The minimum Gasteiger partial charge on any atom is -0.369 e. The van der Waals surface area contributed by atoms with Crippen molar-refractivity contribution in [1.29, 1.82) is 0 Å². The molecule has 0 radical (unpaired) electrons. The molecule has 1 aliphatic carbocycles. The number of carbonyl (C=O) groups is 1. The van der Waals surface area contributed by atoms with E-state index in [4.69, 9.17) is 4.74 Å². The maximum atomic E-state index is 12.9. The molecule has 144 valence electrons. The largest absolute Gasteiger partial charge is 0.369 e. The van der Waals surface area contributed by atoms with Crippen molar-refractivity contribution >= 4 is 15.9 Å². The lowest BCUT2D eigenvalue weighted by atomic mass is 10.0. The smallest absolute Gasteiger partial charge is 0.254 e. The first-order valence-electron chi connectivity index (χ1n) is 9.26. The van der Waals surface area contributed by atoms with Crippen molar-refractivity contribution in [2.75, 3.05) is 13.1 Å². The van der Waals surface area contributed by atoms with Crippen molar-refractivity contribution in [3.63, 3.8) is 0 Å². The van der Waals surface area contributed by atoms with E-state index < -0.39 is 15.6 Å². The van der Waals surface area contributed by atoms with Gasteiger partial charge in [-0.05, 0) is 51.8 Å². The van der Waals surface area contributed by atoms with Crippen LogP contribution >= 0.6 is 0 Å². The molecule has 2 fully saturated rings. The topological polar surface area (TPSA) is 75.7 Å². The molecule has 0 bridgehead atoms. The summed E-state index contributed by atoms with van der Waals surface area (Å²) in [7, 11) is -3.61. The highest BCUT2D eigenvalue weighted by Crippen LogP contribution is 2.24. The van der Waals surface area contributed by atoms with Gasteiger partial charge in [-0.15, -0.1) is 0 Å². The van der Waals surface area contributed by atoms with Crippen molar-refractivity contribution in [3.05, 3.63) is 29.8 Å². The van der Waals surface area contributed by atoms with Gasteiger partial charge in [0.15, 0.2) is 0 Å². The molecule has 1 aliphatic heterocycles. The molecule has 1 aromatic carbocycles. The van der Waals surface area contributed by atoms with E-state index in [9.17, 15) is 13.2 Å². The van der Waals surface area contributed by atoms with Crippen LogP contribution in [0.3, 0.4) is 0 Å². The Bertz CT molecular complexity index is 769. The quantitative estimate of drug-likeness (QED) is 0.871. The molecule has 26 heavy (non-hydrogen) atoms. The molecule has 1 N–H and O–H groups in total. The van der Waals surface area contributed by atoms with Gasteiger partial charge in [0.05, 0.1) is 16.6 Å². The van der Waals surface area contributed by atoms with Gasteiger partial charge < -0.3 is 9.64 Å². The third-order valence-electron chi connectivity index (χ3n) is 4.92. The van der Waals surface area contributed by atoms with E-state index in [2.05, 4.69) is 4.72 Å². The lowest BCUT2D eigenvalue weighted by Crippen LogP contribution is -2.53. The van der Waals surface area contributed by atoms with E-state index in [1.54, 1.807) is 23.1 Å². The van der Waals surface area contributed by atoms with Gasteiger partial charge in [0.2, 0.25) is 10.0 Å². The SMILES string of the molecule is CC1CN(C(=O)c2cccc(S(=O)(=O)NC3CCCC3)c2)CC(C)(C)O1. The van der Waals surface area contributed by atoms with Gasteiger partial charge in [-0.1, -0.05) is 18.9 Å². The van der Waals surface area contributed by atoms with Gasteiger partial charge in [-0.25, -0.2) is 13.1 Å². The van der Waals surface area contributed by atoms with E-state index >= 15 is 0 Å². The lowest BCUT2D eigenvalue weighted by molar-refractivity contribution is -0.118. The summed E-state index contributed by atoms with van der Waals surface area (Å²) in [5, 5.41) is 0. The van der Waals surface area contributed by atoms with Crippen LogP contribution in [0.25, 0.3) is 0 Å². The summed E-state index contributed by atoms with van der Waals surface area (Å²) in [6, 6.07) is 6.32. The van der Waals surface area contributed by atoms with Crippen LogP contribution in [0.1, 0.15) is 56.8 Å². The van der Waals surface area contributed by atoms with Crippen LogP contribution in [-0.4, -0.2) is 50.1 Å². The molecule has 2 aliphatic rings. The fourth-order valence-electron chi connectivity index (χ4n) is 3.92. The molecule has 0 spiro atoms. The molecule has 6 nitrogen and oxygen atoms in total. The first-order chi connectivity index (χ1) is 12.2. The standard InChI is InChI=1S/C19H28N2O4S/c1-14-12-21(13-19(2,3)25-14)18(22)15-7-6-10-17(11-15)26(23,24)20-16-8-4-5-9-16/h6-7,10-11,14,16,20H,4-5,8-9,12-13H2,1-3H3. The molecular weight excluding hydrogens is 352 g/mol. The van der Waals surface area contributed by atoms with Gasteiger partial charge in [0.25, 0.3) is 5.91 Å². The number of nitrogens with one attached hydrogen (secondary N) is 1. The van der Waals surface area contributed by atoms with E-state index in [-0.39, 0.29) is 22.9 Å². The van der Waals surface area contributed by atoms with Crippen molar-refractivity contribution in [1.82, 2.24) is 9.62 Å². The second kappa shape index (κ2) is 7.29. The number of rotatable bonds is 4. The second-order valence-corrected chi connectivity index (χ2v) is 9.72. The average molecular weight is 381 g/mol. The first-order valence-corrected chi connectivity index (χ1v) is 10.7. The summed E-state index contributed by atoms with van der Waals surface area (Å²) in [6.45, 7) is 6.82. The van der Waals surface area contributed by atoms with Crippen LogP contribution in [0.4, 0.5) is 0 Å². The van der Waals surface area contributed by atoms with E-state index in [0.717, 1.165) is 25.7 Å². The second-order valence-electron chi connectivity index (χ2n) is 8.00. The summed E-state index contributed by atoms with van der Waals surface area (Å²) < 4.78 is 33.9. The molecule has 1 saturated carbocycles. The van der Waals surface area contributed by atoms with Crippen LogP contribution in [0.2, 0.25) is 0 Å². The number of amides is 1. The van der Waals surface area contributed by atoms with Crippen molar-refractivity contribution in [2.24, 2.45) is 0 Å². The highest BCUT2D eigenvalue weighted by Gasteiger charge is 2.34. The van der Waals surface area contributed by atoms with Crippen molar-refractivity contribution in [2.45, 2.75) is 69.1 Å². The number of carbonyl (C=O) groups excluding carboxylic acids is 1. The monoisotopic (exact) mass is 380 g/mol. The molecule has 0 aromatic heterocycles. The molecule has 3 rings (SSSR count). The molecular formula is C19H28N2O4S. The zero-order valence-corrected chi connectivity index (χ0v) is 16.5. The Balaban J connectivity index is 1.79. The van der Waals surface area contributed by atoms with Gasteiger partial charge in [0.1, 0.15) is 0 Å². The number of morpholine rings is 1. The Labute approximate surface area is 156 Å². The first kappa shape index (κ1) is 19.3. The molecule has 7 heteroatoms. The fourth-order valence-corrected chi connectivity index (χ4v) is 5.27. The van der Waals surface area contributed by atoms with E-state index in [0.29, 0.717) is 18.7 Å². The minimum atomic E-state index is -3.61. The Hall–Kier alpha value is -1.44. The number of hydrogen-bond donors (Lipinski definition) is 1. The Kier molecular flexibility index (Phi) is 5.42. The molecule has 1 atom stereocenters. The summed E-state index contributed by atoms with van der Waals surface area (Å²) >= 11 is 0. The number of sulfonamides is 1. The zero-order valence-electron chi connectivity index (χ0n) is 15.7. The number of hydrogen-bond acceptors (Lipinski definition) is 4. The normalized spacial score (nSPS) is 24.0. The lowest BCUT2D eigenvalue weighted by Gasteiger charge is -2.41. The number of nitrogens with zero attached hydrogens (tertiary/aromatic N) is 1. The van der Waals surface area contributed by atoms with Crippen molar-refractivity contribution < 1.29 is 17.9 Å². The summed E-state index contributed by atoms with van der Waals surface area (Å²) in [5.74, 6) is -0.161. The zero-order chi connectivity index (χ0) is 18.9. The van der Waals surface area contributed by atoms with Gasteiger partial charge in [0, 0.05) is 24.7 Å². The summed E-state index contributed by atoms with van der Waals surface area (Å²) in [5.41, 5.74) is -0.0229. The van der Waals surface area contributed by atoms with E-state index in [1.165, 1.54) is 6.07 Å². The Morgan fingerprint density at radius 3 is 2.62 bits per heavy atom. The number of ether oxygens (including phenoxy) is 1. The molecule has 1 aromatic rings. The highest BCUT2D eigenvalue weighted by atomic mass is 32.2. The third kappa shape index (κ3) is 4.45. The van der Waals surface area contributed by atoms with Crippen LogP contribution < -0.4 is 4.72 Å². The van der Waals surface area contributed by atoms with Crippen LogP contribution in [0, 0.1) is 0 Å². The predicted molar refractivity (Wildman–Crippen MR) is 99.5 cm³/mol. The van der Waals surface area contributed by atoms with Gasteiger partial charge >= 0.3 is 0 Å². The molecule has 1 unspecified atom stereocenters. The minimum absolute atomic E-state index is 0.000231. The van der Waals surface area contributed by atoms with Crippen LogP contribution in [0.15, 0.2) is 29.2 Å². The Morgan fingerprint density at radius 2 is 1.96 bits per heavy atom. The maximum Gasteiger partial charge on any atom is 0.254 e. The summed E-state index contributed by atoms with van der Waals surface area (Å²) in [6.07, 6.45) is 3.80. The third-order valence-corrected chi connectivity index (χ3v) is 6.44. The Morgan fingerprint density at radius 1 is 1.27 bits per heavy atom. The van der Waals surface area contributed by atoms with Crippen LogP contribution in [-0.2, 0) is 14.8 Å². The number of benzene rings is 1. The molecule has 1 heterocycles. The summed E-state index contributed by atoms with van der Waals surface area (Å²) in [4.78, 5) is 14.8. The van der Waals surface area contributed by atoms with Crippen LogP contribution in [0.5, 0.6) is 0 Å².